The summed E-state index contributed by atoms with van der Waals surface area (Å²) in [5.74, 6) is 0.927. The van der Waals surface area contributed by atoms with Gasteiger partial charge in [-0.15, -0.1) is 0 Å². The number of nitrogens with zero attached hydrogens (tertiary/aromatic N) is 1. The Labute approximate surface area is 127 Å². The van der Waals surface area contributed by atoms with Crippen LogP contribution < -0.4 is 0 Å². The molecule has 0 amide bonds. The molecule has 1 aliphatic rings. The van der Waals surface area contributed by atoms with E-state index in [1.165, 1.54) is 19.3 Å². The fourth-order valence-electron chi connectivity index (χ4n) is 2.93. The Morgan fingerprint density at radius 3 is 2.50 bits per heavy atom. The van der Waals surface area contributed by atoms with Gasteiger partial charge in [-0.25, -0.2) is 4.98 Å². The first-order chi connectivity index (χ1) is 9.37. The Kier molecular flexibility index (Phi) is 4.65. The number of ether oxygens (including phenoxy) is 1. The molecule has 0 saturated heterocycles. The second kappa shape index (κ2) is 5.94. The summed E-state index contributed by atoms with van der Waals surface area (Å²) >= 11 is 5.37. The molecule has 0 aromatic carbocycles. The van der Waals surface area contributed by atoms with Gasteiger partial charge in [0.2, 0.25) is 0 Å². The number of hydrogen-bond acceptors (Lipinski definition) is 3. The number of rotatable bonds is 3. The van der Waals surface area contributed by atoms with Crippen LogP contribution in [0.2, 0.25) is 0 Å². The lowest BCUT2D eigenvalue weighted by Gasteiger charge is -2.36. The molecule has 4 heteroatoms. The number of H-pyrrole nitrogens is 1. The normalized spacial score (nSPS) is 19.0. The number of aromatic amines is 1. The quantitative estimate of drug-likeness (QED) is 0.826. The van der Waals surface area contributed by atoms with Gasteiger partial charge in [-0.05, 0) is 25.8 Å². The van der Waals surface area contributed by atoms with Gasteiger partial charge in [-0.1, -0.05) is 52.3 Å². The van der Waals surface area contributed by atoms with Crippen LogP contribution in [0.4, 0.5) is 0 Å². The standard InChI is InChI=1S/C16H26N2OS/c1-5-19-16(9-7-6-8-10-16)14-17-12(15(2,3)4)11-13(20)18-14/h11H,5-10H2,1-4H3,(H,17,18,20). The molecule has 0 aliphatic heterocycles. The molecule has 112 valence electrons. The Balaban J connectivity index is 2.48. The highest BCUT2D eigenvalue weighted by Gasteiger charge is 2.37. The largest absolute Gasteiger partial charge is 0.367 e. The predicted octanol–water partition coefficient (Wildman–Crippen LogP) is 4.63. The van der Waals surface area contributed by atoms with Gasteiger partial charge < -0.3 is 9.72 Å². The Morgan fingerprint density at radius 2 is 1.95 bits per heavy atom. The van der Waals surface area contributed by atoms with E-state index < -0.39 is 0 Å². The molecule has 1 N–H and O–H groups in total. The van der Waals surface area contributed by atoms with Crippen molar-refractivity contribution in [3.8, 4) is 0 Å². The number of aromatic nitrogens is 2. The van der Waals surface area contributed by atoms with E-state index in [1.807, 2.05) is 6.07 Å². The Morgan fingerprint density at radius 1 is 1.30 bits per heavy atom. The van der Waals surface area contributed by atoms with Crippen LogP contribution in [-0.4, -0.2) is 16.6 Å². The summed E-state index contributed by atoms with van der Waals surface area (Å²) in [5, 5.41) is 0. The van der Waals surface area contributed by atoms with E-state index in [0.29, 0.717) is 11.2 Å². The average molecular weight is 294 g/mol. The molecule has 1 fully saturated rings. The zero-order valence-corrected chi connectivity index (χ0v) is 13.9. The topological polar surface area (TPSA) is 37.9 Å². The van der Waals surface area contributed by atoms with Gasteiger partial charge in [0.15, 0.2) is 0 Å². The molecule has 0 unspecified atom stereocenters. The smallest absolute Gasteiger partial charge is 0.140 e. The van der Waals surface area contributed by atoms with Crippen LogP contribution in [-0.2, 0) is 15.8 Å². The molecule has 3 nitrogen and oxygen atoms in total. The van der Waals surface area contributed by atoms with Crippen LogP contribution in [0.5, 0.6) is 0 Å². The van der Waals surface area contributed by atoms with Gasteiger partial charge in [-0.3, -0.25) is 0 Å². The lowest BCUT2D eigenvalue weighted by Crippen LogP contribution is -2.35. The number of hydrogen-bond donors (Lipinski definition) is 1. The van der Waals surface area contributed by atoms with Crippen LogP contribution >= 0.6 is 12.2 Å². The Hall–Kier alpha value is -0.740. The minimum Gasteiger partial charge on any atom is -0.367 e. The van der Waals surface area contributed by atoms with Gasteiger partial charge in [0.25, 0.3) is 0 Å². The van der Waals surface area contributed by atoms with Crippen LogP contribution in [0.1, 0.15) is 71.3 Å². The maximum Gasteiger partial charge on any atom is 0.140 e. The van der Waals surface area contributed by atoms with Gasteiger partial charge in [0.05, 0.1) is 0 Å². The highest BCUT2D eigenvalue weighted by Crippen LogP contribution is 2.39. The van der Waals surface area contributed by atoms with Crippen LogP contribution in [0.3, 0.4) is 0 Å². The molecule has 0 radical (unpaired) electrons. The molecule has 20 heavy (non-hydrogen) atoms. The summed E-state index contributed by atoms with van der Waals surface area (Å²) in [7, 11) is 0. The third-order valence-corrected chi connectivity index (χ3v) is 4.27. The zero-order valence-electron chi connectivity index (χ0n) is 13.1. The van der Waals surface area contributed by atoms with Gasteiger partial charge in [0.1, 0.15) is 16.1 Å². The monoisotopic (exact) mass is 294 g/mol. The van der Waals surface area contributed by atoms with E-state index in [4.69, 9.17) is 17.0 Å². The van der Waals surface area contributed by atoms with Crippen molar-refractivity contribution >= 4 is 12.2 Å². The zero-order chi connectivity index (χ0) is 14.8. The second-order valence-corrected chi connectivity index (χ2v) is 7.14. The molecule has 0 spiro atoms. The molecule has 1 aliphatic carbocycles. The minimum atomic E-state index is -0.262. The van der Waals surface area contributed by atoms with Crippen molar-refractivity contribution < 1.29 is 4.74 Å². The van der Waals surface area contributed by atoms with Crippen LogP contribution in [0.25, 0.3) is 0 Å². The fraction of sp³-hybridized carbons (Fsp3) is 0.750. The minimum absolute atomic E-state index is 0.0350. The number of nitrogens with one attached hydrogen (secondary N) is 1. The van der Waals surface area contributed by atoms with E-state index in [2.05, 4.69) is 37.7 Å². The van der Waals surface area contributed by atoms with E-state index in [1.54, 1.807) is 0 Å². The molecule has 0 atom stereocenters. The molecule has 1 aromatic heterocycles. The highest BCUT2D eigenvalue weighted by atomic mass is 32.1. The van der Waals surface area contributed by atoms with Gasteiger partial charge >= 0.3 is 0 Å². The fourth-order valence-corrected chi connectivity index (χ4v) is 3.14. The summed E-state index contributed by atoms with van der Waals surface area (Å²) in [6, 6.07) is 1.97. The summed E-state index contributed by atoms with van der Waals surface area (Å²) in [6.07, 6.45) is 5.75. The summed E-state index contributed by atoms with van der Waals surface area (Å²) in [6.45, 7) is 9.32. The molecular weight excluding hydrogens is 268 g/mol. The summed E-state index contributed by atoms with van der Waals surface area (Å²) < 4.78 is 6.80. The molecule has 1 saturated carbocycles. The first-order valence-electron chi connectivity index (χ1n) is 7.64. The predicted molar refractivity (Wildman–Crippen MR) is 84.5 cm³/mol. The molecule has 0 bridgehead atoms. The summed E-state index contributed by atoms with van der Waals surface area (Å²) in [4.78, 5) is 8.11. The van der Waals surface area contributed by atoms with E-state index in [9.17, 15) is 0 Å². The maximum atomic E-state index is 6.14. The first kappa shape index (κ1) is 15.6. The van der Waals surface area contributed by atoms with Crippen molar-refractivity contribution in [2.75, 3.05) is 6.61 Å². The van der Waals surface area contributed by atoms with Gasteiger partial charge in [-0.2, -0.15) is 0 Å². The highest BCUT2D eigenvalue weighted by molar-refractivity contribution is 7.71. The molecule has 2 rings (SSSR count). The molecule has 1 heterocycles. The van der Waals surface area contributed by atoms with Crippen molar-refractivity contribution in [2.24, 2.45) is 0 Å². The van der Waals surface area contributed by atoms with Crippen molar-refractivity contribution in [1.29, 1.82) is 0 Å². The second-order valence-electron chi connectivity index (χ2n) is 6.72. The maximum absolute atomic E-state index is 6.14. The van der Waals surface area contributed by atoms with Gasteiger partial charge in [0, 0.05) is 17.7 Å². The first-order valence-corrected chi connectivity index (χ1v) is 8.04. The molecule has 1 aromatic rings. The van der Waals surface area contributed by atoms with E-state index in [0.717, 1.165) is 24.4 Å². The van der Waals surface area contributed by atoms with E-state index >= 15 is 0 Å². The SMILES string of the molecule is CCOC1(c2nc(=S)cc(C(C)(C)C)[nH]2)CCCCC1. The average Bonchev–Trinajstić information content (AvgIpc) is 2.38. The summed E-state index contributed by atoms with van der Waals surface area (Å²) in [5.41, 5.74) is 0.909. The lowest BCUT2D eigenvalue weighted by atomic mass is 9.83. The third kappa shape index (κ3) is 3.29. The van der Waals surface area contributed by atoms with Crippen molar-refractivity contribution in [3.05, 3.63) is 22.2 Å². The lowest BCUT2D eigenvalue weighted by molar-refractivity contribution is -0.0769. The molecular formula is C16H26N2OS. The van der Waals surface area contributed by atoms with Crippen LogP contribution in [0, 0.1) is 4.64 Å². The van der Waals surface area contributed by atoms with E-state index in [-0.39, 0.29) is 11.0 Å². The Bertz CT molecular complexity index is 504. The third-order valence-electron chi connectivity index (χ3n) is 4.06. The van der Waals surface area contributed by atoms with Crippen molar-refractivity contribution in [3.63, 3.8) is 0 Å². The van der Waals surface area contributed by atoms with Crippen LogP contribution in [0.15, 0.2) is 6.07 Å². The van der Waals surface area contributed by atoms with Crippen molar-refractivity contribution in [1.82, 2.24) is 9.97 Å². The van der Waals surface area contributed by atoms with Crippen molar-refractivity contribution in [2.45, 2.75) is 70.8 Å².